The van der Waals surface area contributed by atoms with Gasteiger partial charge in [-0.3, -0.25) is 0 Å². The van der Waals surface area contributed by atoms with Gasteiger partial charge < -0.3 is 4.90 Å². The first-order valence-electron chi connectivity index (χ1n) is 9.00. The van der Waals surface area contributed by atoms with Crippen molar-refractivity contribution < 1.29 is 13.2 Å². The Bertz CT molecular complexity index is 842. The molecule has 0 spiro atoms. The first-order chi connectivity index (χ1) is 12.8. The van der Waals surface area contributed by atoms with Gasteiger partial charge in [0.15, 0.2) is 0 Å². The molecule has 0 atom stereocenters. The van der Waals surface area contributed by atoms with Crippen LogP contribution in [0.15, 0.2) is 41.4 Å². The summed E-state index contributed by atoms with van der Waals surface area (Å²) >= 11 is 6.00. The maximum absolute atomic E-state index is 13.7. The minimum Gasteiger partial charge on any atom is -0.366 e. The van der Waals surface area contributed by atoms with Crippen LogP contribution in [0.3, 0.4) is 0 Å². The summed E-state index contributed by atoms with van der Waals surface area (Å²) in [4.78, 5) is 6.19. The van der Waals surface area contributed by atoms with Crippen LogP contribution >= 0.6 is 11.6 Å². The Morgan fingerprint density at radius 1 is 1.22 bits per heavy atom. The van der Waals surface area contributed by atoms with Crippen molar-refractivity contribution in [3.8, 4) is 0 Å². The van der Waals surface area contributed by atoms with Crippen LogP contribution in [-0.4, -0.2) is 24.8 Å². The Morgan fingerprint density at radius 3 is 2.56 bits per heavy atom. The first-order valence-corrected chi connectivity index (χ1v) is 9.38. The Kier molecular flexibility index (Phi) is 5.80. The Balaban J connectivity index is 2.06. The molecule has 6 heteroatoms. The van der Waals surface area contributed by atoms with Gasteiger partial charge in [-0.15, -0.1) is 0 Å². The molecule has 0 radical (unpaired) electrons. The molecule has 2 aromatic rings. The lowest BCUT2D eigenvalue weighted by molar-refractivity contribution is -0.138. The second-order valence-electron chi connectivity index (χ2n) is 6.96. The summed E-state index contributed by atoms with van der Waals surface area (Å²) in [5.41, 5.74) is 1.73. The van der Waals surface area contributed by atoms with E-state index in [1.54, 1.807) is 36.7 Å². The summed E-state index contributed by atoms with van der Waals surface area (Å²) in [6, 6.07) is 9.87. The fraction of sp³-hybridized carbons (Fsp3) is 0.381. The average Bonchev–Trinajstić information content (AvgIpc) is 3.44. The van der Waals surface area contributed by atoms with Gasteiger partial charge in [0, 0.05) is 18.6 Å². The average molecular weight is 395 g/mol. The van der Waals surface area contributed by atoms with Gasteiger partial charge in [0.1, 0.15) is 0 Å². The van der Waals surface area contributed by atoms with E-state index in [0.717, 1.165) is 30.5 Å². The predicted molar refractivity (Wildman–Crippen MR) is 104 cm³/mol. The van der Waals surface area contributed by atoms with Gasteiger partial charge in [-0.2, -0.15) is 13.2 Å². The van der Waals surface area contributed by atoms with E-state index < -0.39 is 11.7 Å². The molecule has 0 unspecified atom stereocenters. The maximum Gasteiger partial charge on any atom is 0.416 e. The van der Waals surface area contributed by atoms with Crippen molar-refractivity contribution in [1.29, 1.82) is 0 Å². The lowest BCUT2D eigenvalue weighted by atomic mass is 9.94. The molecule has 1 fully saturated rings. The first kappa shape index (κ1) is 19.7. The van der Waals surface area contributed by atoms with E-state index in [1.165, 1.54) is 6.07 Å². The van der Waals surface area contributed by atoms with Crippen molar-refractivity contribution >= 4 is 23.6 Å². The summed E-state index contributed by atoms with van der Waals surface area (Å²) in [6.07, 6.45) is -0.662. The highest BCUT2D eigenvalue weighted by Gasteiger charge is 2.36. The molecule has 3 rings (SSSR count). The van der Waals surface area contributed by atoms with E-state index in [9.17, 15) is 13.2 Å². The van der Waals surface area contributed by atoms with Gasteiger partial charge in [-0.25, -0.2) is 4.99 Å². The van der Waals surface area contributed by atoms with Crippen LogP contribution in [0.2, 0.25) is 5.02 Å². The van der Waals surface area contributed by atoms with Gasteiger partial charge in [0.05, 0.1) is 17.6 Å². The second-order valence-corrected chi connectivity index (χ2v) is 7.40. The van der Waals surface area contributed by atoms with Crippen LogP contribution in [0.1, 0.15) is 47.9 Å². The third-order valence-corrected chi connectivity index (χ3v) is 4.99. The van der Waals surface area contributed by atoms with E-state index in [0.29, 0.717) is 16.6 Å². The van der Waals surface area contributed by atoms with Crippen molar-refractivity contribution in [3.63, 3.8) is 0 Å². The molecule has 0 N–H and O–H groups in total. The molecule has 2 nitrogen and oxygen atoms in total. The number of hydrogen-bond donors (Lipinski definition) is 0. The Morgan fingerprint density at radius 2 is 1.96 bits per heavy atom. The minimum absolute atomic E-state index is 0.188. The fourth-order valence-corrected chi connectivity index (χ4v) is 3.22. The molecule has 0 amide bonds. The van der Waals surface area contributed by atoms with Crippen molar-refractivity contribution in [2.45, 2.75) is 38.3 Å². The molecule has 1 aliphatic rings. The Hall–Kier alpha value is -2.01. The number of benzene rings is 2. The van der Waals surface area contributed by atoms with Gasteiger partial charge in [0.2, 0.25) is 0 Å². The largest absolute Gasteiger partial charge is 0.416 e. The van der Waals surface area contributed by atoms with E-state index in [-0.39, 0.29) is 12.0 Å². The Labute approximate surface area is 162 Å². The monoisotopic (exact) mass is 394 g/mol. The highest BCUT2D eigenvalue weighted by molar-refractivity contribution is 6.30. The van der Waals surface area contributed by atoms with Crippen LogP contribution in [-0.2, 0) is 12.6 Å². The van der Waals surface area contributed by atoms with Crippen molar-refractivity contribution in [2.24, 2.45) is 4.99 Å². The molecular formula is C21H22ClF3N2. The number of alkyl halides is 3. The molecule has 1 aliphatic carbocycles. The van der Waals surface area contributed by atoms with Crippen LogP contribution in [0.4, 0.5) is 18.9 Å². The summed E-state index contributed by atoms with van der Waals surface area (Å²) in [5, 5.41) is 0.521. The highest BCUT2D eigenvalue weighted by Crippen LogP contribution is 2.47. The summed E-state index contributed by atoms with van der Waals surface area (Å²) in [7, 11) is 1.85. The quantitative estimate of drug-likeness (QED) is 0.406. The molecule has 144 valence electrons. The smallest absolute Gasteiger partial charge is 0.366 e. The van der Waals surface area contributed by atoms with Crippen LogP contribution in [0.25, 0.3) is 0 Å². The lowest BCUT2D eigenvalue weighted by Gasteiger charge is -2.17. The predicted octanol–water partition coefficient (Wildman–Crippen LogP) is 6.44. The van der Waals surface area contributed by atoms with Crippen LogP contribution in [0, 0.1) is 0 Å². The maximum atomic E-state index is 13.7. The molecule has 0 aliphatic heterocycles. The molecular weight excluding hydrogens is 373 g/mol. The molecule has 0 heterocycles. The van der Waals surface area contributed by atoms with Gasteiger partial charge in [0.25, 0.3) is 0 Å². The van der Waals surface area contributed by atoms with Crippen molar-refractivity contribution in [1.82, 2.24) is 4.90 Å². The van der Waals surface area contributed by atoms with Gasteiger partial charge in [-0.05, 0) is 67.0 Å². The number of halogens is 4. The minimum atomic E-state index is -4.43. The van der Waals surface area contributed by atoms with Crippen LogP contribution in [0.5, 0.6) is 0 Å². The number of nitrogens with zero attached hydrogens (tertiary/aromatic N) is 2. The SMILES string of the molecule is CCN(C)C=Nc1cc(C(F)(F)F)c(Cc2cccc(Cl)c2)cc1C1CC1. The second kappa shape index (κ2) is 7.93. The standard InChI is InChI=1S/C21H22ClF3N2/c1-3-27(2)13-26-20-12-19(21(23,24)25)16(11-18(20)15-7-8-15)9-14-5-4-6-17(22)10-14/h4-6,10-13,15H,3,7-9H2,1-2H3. The number of rotatable bonds is 6. The molecule has 2 aromatic carbocycles. The normalized spacial score (nSPS) is 14.7. The number of hydrogen-bond acceptors (Lipinski definition) is 1. The number of aliphatic imine (C=N–C) groups is 1. The molecule has 0 aromatic heterocycles. The highest BCUT2D eigenvalue weighted by atomic mass is 35.5. The van der Waals surface area contributed by atoms with Crippen LogP contribution < -0.4 is 0 Å². The van der Waals surface area contributed by atoms with E-state index in [4.69, 9.17) is 11.6 Å². The summed E-state index contributed by atoms with van der Waals surface area (Å²) in [6.45, 7) is 2.70. The molecule has 27 heavy (non-hydrogen) atoms. The van der Waals surface area contributed by atoms with Gasteiger partial charge >= 0.3 is 6.18 Å². The summed E-state index contributed by atoms with van der Waals surface area (Å²) < 4.78 is 41.2. The zero-order valence-electron chi connectivity index (χ0n) is 15.4. The van der Waals surface area contributed by atoms with Crippen molar-refractivity contribution in [3.05, 3.63) is 63.7 Å². The van der Waals surface area contributed by atoms with E-state index in [1.807, 2.05) is 18.9 Å². The van der Waals surface area contributed by atoms with E-state index >= 15 is 0 Å². The lowest BCUT2D eigenvalue weighted by Crippen LogP contribution is -2.14. The van der Waals surface area contributed by atoms with Crippen molar-refractivity contribution in [2.75, 3.05) is 13.6 Å². The third kappa shape index (κ3) is 5.04. The zero-order chi connectivity index (χ0) is 19.6. The summed E-state index contributed by atoms with van der Waals surface area (Å²) in [5.74, 6) is 0.296. The third-order valence-electron chi connectivity index (χ3n) is 4.75. The molecule has 0 bridgehead atoms. The topological polar surface area (TPSA) is 15.6 Å². The fourth-order valence-electron chi connectivity index (χ4n) is 3.00. The molecule has 1 saturated carbocycles. The van der Waals surface area contributed by atoms with E-state index in [2.05, 4.69) is 4.99 Å². The van der Waals surface area contributed by atoms with Gasteiger partial charge in [-0.1, -0.05) is 29.8 Å². The molecule has 0 saturated heterocycles. The zero-order valence-corrected chi connectivity index (χ0v) is 16.1.